The van der Waals surface area contributed by atoms with Crippen molar-refractivity contribution in [3.8, 4) is 0 Å². The minimum absolute atomic E-state index is 0.174. The molecule has 0 aliphatic carbocycles. The number of halogens is 1. The number of pyridine rings is 1. The van der Waals surface area contributed by atoms with Gasteiger partial charge in [0.05, 0.1) is 11.3 Å². The van der Waals surface area contributed by atoms with Gasteiger partial charge in [0.2, 0.25) is 0 Å². The molecule has 0 saturated carbocycles. The normalized spacial score (nSPS) is 10.6. The number of aryl methyl sites for hydroxylation is 1. The third-order valence-corrected chi connectivity index (χ3v) is 4.67. The topological polar surface area (TPSA) is 68.0 Å². The Morgan fingerprint density at radius 3 is 2.92 bits per heavy atom. The van der Waals surface area contributed by atoms with E-state index in [1.807, 2.05) is 31.2 Å². The van der Waals surface area contributed by atoms with Gasteiger partial charge in [-0.25, -0.2) is 4.98 Å². The molecule has 3 rings (SSSR count). The summed E-state index contributed by atoms with van der Waals surface area (Å²) in [5.74, 6) is 1.17. The van der Waals surface area contributed by atoms with Crippen LogP contribution in [0.15, 0.2) is 58.2 Å². The zero-order valence-electron chi connectivity index (χ0n) is 13.5. The van der Waals surface area contributed by atoms with Gasteiger partial charge in [0.25, 0.3) is 5.91 Å². The summed E-state index contributed by atoms with van der Waals surface area (Å²) in [6.07, 6.45) is 1.67. The Bertz CT molecular complexity index is 882. The molecule has 7 heteroatoms. The molecule has 0 atom stereocenters. The Morgan fingerprint density at radius 2 is 2.16 bits per heavy atom. The fourth-order valence-corrected chi connectivity index (χ4v) is 3.32. The smallest absolute Gasteiger partial charge is 0.254 e. The molecule has 0 saturated heterocycles. The lowest BCUT2D eigenvalue weighted by atomic mass is 10.2. The van der Waals surface area contributed by atoms with E-state index in [1.54, 1.807) is 24.4 Å². The average molecular weight is 374 g/mol. The summed E-state index contributed by atoms with van der Waals surface area (Å²) in [7, 11) is 0. The molecule has 0 aliphatic heterocycles. The Balaban J connectivity index is 1.65. The van der Waals surface area contributed by atoms with Gasteiger partial charge < -0.3 is 9.84 Å². The number of hydrogen-bond donors (Lipinski definition) is 1. The van der Waals surface area contributed by atoms with Gasteiger partial charge >= 0.3 is 0 Å². The summed E-state index contributed by atoms with van der Waals surface area (Å²) >= 11 is 7.41. The van der Waals surface area contributed by atoms with Crippen molar-refractivity contribution in [2.45, 2.75) is 24.2 Å². The van der Waals surface area contributed by atoms with E-state index in [-0.39, 0.29) is 5.91 Å². The molecule has 128 valence electrons. The average Bonchev–Trinajstić information content (AvgIpc) is 3.03. The highest BCUT2D eigenvalue weighted by molar-refractivity contribution is 7.98. The van der Waals surface area contributed by atoms with Crippen LogP contribution in [0.25, 0.3) is 0 Å². The van der Waals surface area contributed by atoms with E-state index in [0.717, 1.165) is 17.0 Å². The van der Waals surface area contributed by atoms with Crippen LogP contribution in [-0.2, 0) is 12.3 Å². The van der Waals surface area contributed by atoms with Crippen LogP contribution in [0.5, 0.6) is 0 Å². The molecule has 0 radical (unpaired) electrons. The number of carbonyl (C=O) groups is 1. The fourth-order valence-electron chi connectivity index (χ4n) is 2.23. The molecular formula is C18H16ClN3O2S. The van der Waals surface area contributed by atoms with Gasteiger partial charge in [-0.15, -0.1) is 0 Å². The standard InChI is InChI=1S/C18H16ClN3O2S/c1-12-8-15(22-24-12)11-25-18-16(6-3-7-20-18)17(23)21-10-13-4-2-5-14(19)9-13/h2-9H,10-11H2,1H3,(H,21,23). The number of carbonyl (C=O) groups excluding carboxylic acids is 1. The van der Waals surface area contributed by atoms with E-state index in [4.69, 9.17) is 16.1 Å². The third-order valence-electron chi connectivity index (χ3n) is 3.39. The monoisotopic (exact) mass is 373 g/mol. The van der Waals surface area contributed by atoms with E-state index in [2.05, 4.69) is 15.5 Å². The van der Waals surface area contributed by atoms with E-state index in [9.17, 15) is 4.79 Å². The Hall–Kier alpha value is -2.31. The maximum absolute atomic E-state index is 12.5. The Kier molecular flexibility index (Phi) is 5.73. The molecule has 25 heavy (non-hydrogen) atoms. The summed E-state index contributed by atoms with van der Waals surface area (Å²) in [5.41, 5.74) is 2.30. The first-order chi connectivity index (χ1) is 12.1. The number of nitrogens with one attached hydrogen (secondary N) is 1. The second kappa shape index (κ2) is 8.18. The SMILES string of the molecule is Cc1cc(CSc2ncccc2C(=O)NCc2cccc(Cl)c2)no1. The number of benzene rings is 1. The van der Waals surface area contributed by atoms with E-state index in [0.29, 0.717) is 27.9 Å². The second-order valence-electron chi connectivity index (χ2n) is 5.39. The Morgan fingerprint density at radius 1 is 1.28 bits per heavy atom. The highest BCUT2D eigenvalue weighted by Crippen LogP contribution is 2.24. The third kappa shape index (κ3) is 4.84. The molecule has 0 aliphatic rings. The van der Waals surface area contributed by atoms with Crippen molar-refractivity contribution in [2.24, 2.45) is 0 Å². The zero-order valence-corrected chi connectivity index (χ0v) is 15.1. The van der Waals surface area contributed by atoms with Crippen LogP contribution in [0, 0.1) is 6.92 Å². The minimum Gasteiger partial charge on any atom is -0.361 e. The van der Waals surface area contributed by atoms with Crippen LogP contribution < -0.4 is 5.32 Å². The summed E-state index contributed by atoms with van der Waals surface area (Å²) in [5, 5.41) is 8.16. The zero-order chi connectivity index (χ0) is 17.6. The van der Waals surface area contributed by atoms with Gasteiger partial charge in [-0.2, -0.15) is 0 Å². The Labute approximate surface area is 154 Å². The summed E-state index contributed by atoms with van der Waals surface area (Å²) in [6.45, 7) is 2.25. The number of aromatic nitrogens is 2. The van der Waals surface area contributed by atoms with Crippen molar-refractivity contribution >= 4 is 29.3 Å². The number of thioether (sulfide) groups is 1. The van der Waals surface area contributed by atoms with Crippen molar-refractivity contribution < 1.29 is 9.32 Å². The molecule has 0 unspecified atom stereocenters. The van der Waals surface area contributed by atoms with Crippen molar-refractivity contribution in [3.05, 3.63) is 76.3 Å². The molecule has 3 aromatic rings. The molecule has 1 amide bonds. The molecule has 1 aromatic carbocycles. The molecule has 1 N–H and O–H groups in total. The van der Waals surface area contributed by atoms with Gasteiger partial charge in [0.1, 0.15) is 10.8 Å². The minimum atomic E-state index is -0.174. The second-order valence-corrected chi connectivity index (χ2v) is 6.79. The van der Waals surface area contributed by atoms with E-state index >= 15 is 0 Å². The van der Waals surface area contributed by atoms with Crippen LogP contribution >= 0.6 is 23.4 Å². The maximum atomic E-state index is 12.5. The number of amides is 1. The number of nitrogens with zero attached hydrogens (tertiary/aromatic N) is 2. The quantitative estimate of drug-likeness (QED) is 0.654. The first-order valence-electron chi connectivity index (χ1n) is 7.64. The molecular weight excluding hydrogens is 358 g/mol. The molecule has 2 aromatic heterocycles. The highest BCUT2D eigenvalue weighted by atomic mass is 35.5. The maximum Gasteiger partial charge on any atom is 0.254 e. The van der Waals surface area contributed by atoms with Crippen LogP contribution in [0.1, 0.15) is 27.4 Å². The van der Waals surface area contributed by atoms with E-state index in [1.165, 1.54) is 11.8 Å². The predicted molar refractivity (Wildman–Crippen MR) is 97.7 cm³/mol. The summed E-state index contributed by atoms with van der Waals surface area (Å²) in [6, 6.07) is 12.8. The number of hydrogen-bond acceptors (Lipinski definition) is 5. The first kappa shape index (κ1) is 17.5. The molecule has 2 heterocycles. The van der Waals surface area contributed by atoms with Gasteiger partial charge in [-0.1, -0.05) is 40.7 Å². The van der Waals surface area contributed by atoms with Crippen molar-refractivity contribution in [3.63, 3.8) is 0 Å². The van der Waals surface area contributed by atoms with Crippen molar-refractivity contribution in [2.75, 3.05) is 0 Å². The summed E-state index contributed by atoms with van der Waals surface area (Å²) < 4.78 is 5.05. The van der Waals surface area contributed by atoms with Crippen molar-refractivity contribution in [1.82, 2.24) is 15.5 Å². The molecule has 0 spiro atoms. The molecule has 5 nitrogen and oxygen atoms in total. The van der Waals surface area contributed by atoms with Gasteiger partial charge in [-0.05, 0) is 36.8 Å². The van der Waals surface area contributed by atoms with Gasteiger partial charge in [0, 0.05) is 29.6 Å². The predicted octanol–water partition coefficient (Wildman–Crippen LogP) is 4.25. The fraction of sp³-hybridized carbons (Fsp3) is 0.167. The molecule has 0 bridgehead atoms. The molecule has 0 fully saturated rings. The van der Waals surface area contributed by atoms with Gasteiger partial charge in [0.15, 0.2) is 0 Å². The van der Waals surface area contributed by atoms with Crippen LogP contribution in [-0.4, -0.2) is 16.0 Å². The highest BCUT2D eigenvalue weighted by Gasteiger charge is 2.13. The van der Waals surface area contributed by atoms with Crippen molar-refractivity contribution in [1.29, 1.82) is 0 Å². The van der Waals surface area contributed by atoms with Crippen LogP contribution in [0.2, 0.25) is 5.02 Å². The van der Waals surface area contributed by atoms with Crippen LogP contribution in [0.3, 0.4) is 0 Å². The first-order valence-corrected chi connectivity index (χ1v) is 9.01. The van der Waals surface area contributed by atoms with E-state index < -0.39 is 0 Å². The lowest BCUT2D eigenvalue weighted by Gasteiger charge is -2.09. The number of rotatable bonds is 6. The van der Waals surface area contributed by atoms with Crippen LogP contribution in [0.4, 0.5) is 0 Å². The largest absolute Gasteiger partial charge is 0.361 e. The lowest BCUT2D eigenvalue weighted by molar-refractivity contribution is 0.0947. The van der Waals surface area contributed by atoms with Gasteiger partial charge in [-0.3, -0.25) is 4.79 Å². The lowest BCUT2D eigenvalue weighted by Crippen LogP contribution is -2.23. The summed E-state index contributed by atoms with van der Waals surface area (Å²) in [4.78, 5) is 16.8.